The molecule has 9 heteroatoms. The van der Waals surface area contributed by atoms with E-state index < -0.39 is 0 Å². The first-order valence-electron chi connectivity index (χ1n) is 10.6. The first-order chi connectivity index (χ1) is 15.3. The highest BCUT2D eigenvalue weighted by Crippen LogP contribution is 2.46. The van der Waals surface area contributed by atoms with Crippen LogP contribution in [-0.4, -0.2) is 67.4 Å². The van der Waals surface area contributed by atoms with E-state index in [1.165, 1.54) is 0 Å². The molecule has 1 aliphatic heterocycles. The maximum atomic E-state index is 9.76. The van der Waals surface area contributed by atoms with Crippen LogP contribution in [0.25, 0.3) is 22.7 Å². The third kappa shape index (κ3) is 3.17. The molecule has 1 N–H and O–H groups in total. The van der Waals surface area contributed by atoms with Crippen LogP contribution < -0.4 is 4.90 Å². The van der Waals surface area contributed by atoms with E-state index in [1.807, 2.05) is 41.0 Å². The van der Waals surface area contributed by atoms with Crippen molar-refractivity contribution in [2.75, 3.05) is 37.8 Å². The fourth-order valence-corrected chi connectivity index (χ4v) is 4.13. The van der Waals surface area contributed by atoms with E-state index in [-0.39, 0.29) is 12.0 Å². The molecule has 6 rings (SSSR count). The number of nitrogens with zero attached hydrogens (tertiary/aromatic N) is 7. The summed E-state index contributed by atoms with van der Waals surface area (Å²) in [5, 5.41) is 19.4. The summed E-state index contributed by atoms with van der Waals surface area (Å²) in [4.78, 5) is 11.2. The Kier molecular flexibility index (Phi) is 4.25. The molecule has 158 valence electrons. The van der Waals surface area contributed by atoms with E-state index in [1.54, 1.807) is 17.1 Å². The van der Waals surface area contributed by atoms with Crippen molar-refractivity contribution in [3.8, 4) is 17.1 Å². The first-order valence-corrected chi connectivity index (χ1v) is 10.6. The molecule has 4 aromatic rings. The lowest BCUT2D eigenvalue weighted by Crippen LogP contribution is -2.37. The number of aromatic nitrogens is 6. The maximum absolute atomic E-state index is 9.76. The van der Waals surface area contributed by atoms with Crippen molar-refractivity contribution in [1.82, 2.24) is 29.4 Å². The van der Waals surface area contributed by atoms with E-state index >= 15 is 0 Å². The molecule has 1 saturated carbocycles. The second kappa shape index (κ2) is 7.14. The summed E-state index contributed by atoms with van der Waals surface area (Å²) in [5.74, 6) is 1.69. The van der Waals surface area contributed by atoms with Gasteiger partial charge in [-0.15, -0.1) is 0 Å². The molecule has 0 spiro atoms. The van der Waals surface area contributed by atoms with Crippen LogP contribution in [0.3, 0.4) is 0 Å². The van der Waals surface area contributed by atoms with Crippen molar-refractivity contribution < 1.29 is 9.84 Å². The molecule has 1 aliphatic carbocycles. The van der Waals surface area contributed by atoms with E-state index in [4.69, 9.17) is 19.9 Å². The summed E-state index contributed by atoms with van der Waals surface area (Å²) in [6, 6.07) is 9.89. The van der Waals surface area contributed by atoms with Crippen LogP contribution in [0.1, 0.15) is 18.5 Å². The molecule has 2 fully saturated rings. The minimum absolute atomic E-state index is 0.132. The summed E-state index contributed by atoms with van der Waals surface area (Å²) >= 11 is 0. The minimum atomic E-state index is -0.173. The van der Waals surface area contributed by atoms with Gasteiger partial charge < -0.3 is 14.7 Å². The van der Waals surface area contributed by atoms with Crippen LogP contribution in [0.5, 0.6) is 0 Å². The van der Waals surface area contributed by atoms with Gasteiger partial charge in [0.15, 0.2) is 11.5 Å². The standard InChI is InChI=1S/C22H23N7O2/c30-15-22(4-5-22)18-3-8-28(26-18)19-14-21(27-9-11-31-12-10-27)29-20(24-19)13-17(25-29)16-1-6-23-7-2-16/h1-3,6-8,13-14,30H,4-5,9-12,15H2. The maximum Gasteiger partial charge on any atom is 0.160 e. The number of anilines is 1. The lowest BCUT2D eigenvalue weighted by molar-refractivity contribution is 0.122. The molecule has 4 aromatic heterocycles. The summed E-state index contributed by atoms with van der Waals surface area (Å²) in [5.41, 5.74) is 3.35. The Balaban J connectivity index is 1.47. The zero-order chi connectivity index (χ0) is 20.8. The third-order valence-corrected chi connectivity index (χ3v) is 6.23. The number of ether oxygens (including phenoxy) is 1. The molecule has 31 heavy (non-hydrogen) atoms. The Hall–Kier alpha value is -3.30. The van der Waals surface area contributed by atoms with Crippen molar-refractivity contribution in [3.63, 3.8) is 0 Å². The largest absolute Gasteiger partial charge is 0.395 e. The highest BCUT2D eigenvalue weighted by Gasteiger charge is 2.45. The van der Waals surface area contributed by atoms with Crippen LogP contribution in [-0.2, 0) is 10.2 Å². The normalized spacial score (nSPS) is 17.9. The van der Waals surface area contributed by atoms with Gasteiger partial charge in [0, 0.05) is 54.8 Å². The monoisotopic (exact) mass is 417 g/mol. The Morgan fingerprint density at radius 2 is 1.84 bits per heavy atom. The lowest BCUT2D eigenvalue weighted by atomic mass is 10.1. The summed E-state index contributed by atoms with van der Waals surface area (Å²) in [6.07, 6.45) is 7.41. The van der Waals surface area contributed by atoms with Gasteiger partial charge in [-0.3, -0.25) is 4.98 Å². The Bertz CT molecular complexity index is 1220. The van der Waals surface area contributed by atoms with Crippen molar-refractivity contribution in [2.45, 2.75) is 18.3 Å². The number of pyridine rings is 1. The molecule has 0 radical (unpaired) electrons. The minimum Gasteiger partial charge on any atom is -0.395 e. The lowest BCUT2D eigenvalue weighted by Gasteiger charge is -2.29. The van der Waals surface area contributed by atoms with E-state index in [9.17, 15) is 5.11 Å². The SMILES string of the molecule is OCC1(c2ccn(-c3cc(N4CCOCC4)n4nc(-c5ccncc5)cc4n3)n2)CC1. The Morgan fingerprint density at radius 3 is 2.58 bits per heavy atom. The quantitative estimate of drug-likeness (QED) is 0.530. The molecular formula is C22H23N7O2. The Morgan fingerprint density at radius 1 is 1.03 bits per heavy atom. The first kappa shape index (κ1) is 18.5. The Labute approximate surface area is 178 Å². The highest BCUT2D eigenvalue weighted by molar-refractivity contribution is 5.66. The molecule has 0 atom stereocenters. The van der Waals surface area contributed by atoms with Gasteiger partial charge in [-0.25, -0.2) is 9.67 Å². The fraction of sp³-hybridized carbons (Fsp3) is 0.364. The number of morpholine rings is 1. The second-order valence-corrected chi connectivity index (χ2v) is 8.19. The van der Waals surface area contributed by atoms with E-state index in [2.05, 4.69) is 9.88 Å². The summed E-state index contributed by atoms with van der Waals surface area (Å²) in [7, 11) is 0. The number of hydrogen-bond acceptors (Lipinski definition) is 7. The van der Waals surface area contributed by atoms with Crippen molar-refractivity contribution in [2.24, 2.45) is 0 Å². The van der Waals surface area contributed by atoms with Gasteiger partial charge >= 0.3 is 0 Å². The van der Waals surface area contributed by atoms with Crippen molar-refractivity contribution in [3.05, 3.63) is 54.6 Å². The molecule has 0 unspecified atom stereocenters. The molecule has 2 aliphatic rings. The van der Waals surface area contributed by atoms with Gasteiger partial charge in [0.25, 0.3) is 0 Å². The van der Waals surface area contributed by atoms with Crippen LogP contribution in [0.2, 0.25) is 0 Å². The zero-order valence-corrected chi connectivity index (χ0v) is 17.1. The van der Waals surface area contributed by atoms with Gasteiger partial charge in [-0.1, -0.05) is 0 Å². The topological polar surface area (TPSA) is 93.6 Å². The smallest absolute Gasteiger partial charge is 0.160 e. The number of fused-ring (bicyclic) bond motifs is 1. The van der Waals surface area contributed by atoms with E-state index in [0.717, 1.165) is 60.2 Å². The van der Waals surface area contributed by atoms with Gasteiger partial charge in [0.05, 0.1) is 31.2 Å². The highest BCUT2D eigenvalue weighted by atomic mass is 16.5. The number of aliphatic hydroxyl groups excluding tert-OH is 1. The fourth-order valence-electron chi connectivity index (χ4n) is 4.13. The zero-order valence-electron chi connectivity index (χ0n) is 17.1. The van der Waals surface area contributed by atoms with Crippen LogP contribution in [0, 0.1) is 0 Å². The van der Waals surface area contributed by atoms with Crippen LogP contribution in [0.15, 0.2) is 48.9 Å². The molecule has 9 nitrogen and oxygen atoms in total. The van der Waals surface area contributed by atoms with Crippen molar-refractivity contribution in [1.29, 1.82) is 0 Å². The molecule has 1 saturated heterocycles. The van der Waals surface area contributed by atoms with Gasteiger partial charge in [0.2, 0.25) is 0 Å². The molecule has 0 amide bonds. The third-order valence-electron chi connectivity index (χ3n) is 6.23. The second-order valence-electron chi connectivity index (χ2n) is 8.19. The van der Waals surface area contributed by atoms with Gasteiger partial charge in [-0.05, 0) is 31.0 Å². The number of rotatable bonds is 5. The average Bonchev–Trinajstić information content (AvgIpc) is 3.26. The van der Waals surface area contributed by atoms with Crippen LogP contribution in [0.4, 0.5) is 5.82 Å². The summed E-state index contributed by atoms with van der Waals surface area (Å²) in [6.45, 7) is 3.08. The predicted molar refractivity (Wildman–Crippen MR) is 114 cm³/mol. The number of aliphatic hydroxyl groups is 1. The van der Waals surface area contributed by atoms with E-state index in [0.29, 0.717) is 13.2 Å². The van der Waals surface area contributed by atoms with Gasteiger partial charge in [-0.2, -0.15) is 14.7 Å². The predicted octanol–water partition coefficient (Wildman–Crippen LogP) is 1.84. The van der Waals surface area contributed by atoms with Crippen molar-refractivity contribution >= 4 is 11.5 Å². The number of hydrogen-bond donors (Lipinski definition) is 1. The van der Waals surface area contributed by atoms with Gasteiger partial charge in [0.1, 0.15) is 5.82 Å². The molecule has 5 heterocycles. The average molecular weight is 417 g/mol. The molecule has 0 aromatic carbocycles. The summed E-state index contributed by atoms with van der Waals surface area (Å²) < 4.78 is 9.24. The van der Waals surface area contributed by atoms with Crippen LogP contribution >= 0.6 is 0 Å². The molecular weight excluding hydrogens is 394 g/mol. The molecule has 0 bridgehead atoms.